The SMILES string of the molecule is COCCN1C[C@H](Cc2ccccc2)n2cc(C(=O)O)c(=O)c(OC(=O)C3CCOCC3)c2C1=O. The maximum absolute atomic E-state index is 13.5. The van der Waals surface area contributed by atoms with Gasteiger partial charge in [0.2, 0.25) is 11.2 Å². The molecule has 10 heteroatoms. The van der Waals surface area contributed by atoms with Gasteiger partial charge >= 0.3 is 11.9 Å². The number of methoxy groups -OCH3 is 1. The second kappa shape index (κ2) is 10.8. The molecule has 1 N–H and O–H groups in total. The zero-order chi connectivity index (χ0) is 24.9. The molecular weight excluding hydrogens is 456 g/mol. The Labute approximate surface area is 202 Å². The van der Waals surface area contributed by atoms with Gasteiger partial charge in [-0.25, -0.2) is 4.79 Å². The normalized spacial score (nSPS) is 18.3. The summed E-state index contributed by atoms with van der Waals surface area (Å²) in [5.41, 5.74) is -0.700. The van der Waals surface area contributed by atoms with E-state index in [-0.39, 0.29) is 31.4 Å². The fraction of sp³-hybridized carbons (Fsp3) is 0.440. The van der Waals surface area contributed by atoms with E-state index in [9.17, 15) is 24.3 Å². The van der Waals surface area contributed by atoms with Crippen molar-refractivity contribution in [1.82, 2.24) is 9.47 Å². The Kier molecular flexibility index (Phi) is 7.62. The number of aromatic nitrogens is 1. The number of carboxylic acid groups (broad SMARTS) is 1. The van der Waals surface area contributed by atoms with Crippen molar-refractivity contribution in [1.29, 1.82) is 0 Å². The summed E-state index contributed by atoms with van der Waals surface area (Å²) in [5, 5.41) is 9.70. The van der Waals surface area contributed by atoms with Crippen molar-refractivity contribution in [3.05, 3.63) is 63.6 Å². The molecule has 0 saturated carbocycles. The number of carbonyl (C=O) groups is 3. The van der Waals surface area contributed by atoms with Crippen molar-refractivity contribution in [3.63, 3.8) is 0 Å². The topological polar surface area (TPSA) is 124 Å². The lowest BCUT2D eigenvalue weighted by Crippen LogP contribution is -2.47. The number of ether oxygens (including phenoxy) is 3. The van der Waals surface area contributed by atoms with E-state index < -0.39 is 40.5 Å². The largest absolute Gasteiger partial charge is 0.477 e. The van der Waals surface area contributed by atoms with Crippen molar-refractivity contribution in [2.24, 2.45) is 5.92 Å². The minimum absolute atomic E-state index is 0.122. The summed E-state index contributed by atoms with van der Waals surface area (Å²) in [5.74, 6) is -3.68. The zero-order valence-electron chi connectivity index (χ0n) is 19.5. The van der Waals surface area contributed by atoms with E-state index in [0.29, 0.717) is 32.5 Å². The van der Waals surface area contributed by atoms with Gasteiger partial charge in [0.05, 0.1) is 18.6 Å². The van der Waals surface area contributed by atoms with Crippen LogP contribution in [0.25, 0.3) is 0 Å². The highest BCUT2D eigenvalue weighted by Gasteiger charge is 2.37. The third-order valence-electron chi connectivity index (χ3n) is 6.37. The molecule has 1 aromatic carbocycles. The molecule has 0 aliphatic carbocycles. The number of aromatic carboxylic acids is 1. The predicted molar refractivity (Wildman–Crippen MR) is 124 cm³/mol. The Morgan fingerprint density at radius 2 is 1.86 bits per heavy atom. The van der Waals surface area contributed by atoms with Gasteiger partial charge in [0.15, 0.2) is 5.69 Å². The summed E-state index contributed by atoms with van der Waals surface area (Å²) in [6.45, 7) is 1.59. The smallest absolute Gasteiger partial charge is 0.341 e. The van der Waals surface area contributed by atoms with Crippen LogP contribution in [0.2, 0.25) is 0 Å². The predicted octanol–water partition coefficient (Wildman–Crippen LogP) is 1.76. The van der Waals surface area contributed by atoms with Crippen LogP contribution in [0.5, 0.6) is 5.75 Å². The van der Waals surface area contributed by atoms with Gasteiger partial charge in [-0.05, 0) is 24.8 Å². The van der Waals surface area contributed by atoms with Gasteiger partial charge in [0.1, 0.15) is 5.56 Å². The summed E-state index contributed by atoms with van der Waals surface area (Å²) in [6, 6.07) is 9.15. The highest BCUT2D eigenvalue weighted by atomic mass is 16.5. The third kappa shape index (κ3) is 5.28. The summed E-state index contributed by atoms with van der Waals surface area (Å²) < 4.78 is 17.4. The second-order valence-corrected chi connectivity index (χ2v) is 8.66. The molecule has 2 aliphatic rings. The monoisotopic (exact) mass is 484 g/mol. The van der Waals surface area contributed by atoms with E-state index in [2.05, 4.69) is 0 Å². The number of amides is 1. The van der Waals surface area contributed by atoms with Crippen LogP contribution in [0.15, 0.2) is 41.3 Å². The molecule has 10 nitrogen and oxygen atoms in total. The van der Waals surface area contributed by atoms with Crippen molar-refractivity contribution in [3.8, 4) is 5.75 Å². The zero-order valence-corrected chi connectivity index (χ0v) is 19.5. The van der Waals surface area contributed by atoms with E-state index in [4.69, 9.17) is 14.2 Å². The standard InChI is InChI=1S/C25H28N2O8/c1-33-12-9-26-14-18(13-16-5-3-2-4-6-16)27-15-19(24(30)31)21(28)22(20(27)23(26)29)35-25(32)17-7-10-34-11-8-17/h2-6,15,17-18H,7-14H2,1H3,(H,30,31)/t18-/m0/s1. The second-order valence-electron chi connectivity index (χ2n) is 8.66. The minimum Gasteiger partial charge on any atom is -0.477 e. The molecule has 0 unspecified atom stereocenters. The van der Waals surface area contributed by atoms with Crippen LogP contribution >= 0.6 is 0 Å². The Balaban J connectivity index is 1.81. The van der Waals surface area contributed by atoms with E-state index in [0.717, 1.165) is 5.56 Å². The third-order valence-corrected chi connectivity index (χ3v) is 6.37. The molecule has 186 valence electrons. The number of fused-ring (bicyclic) bond motifs is 1. The van der Waals surface area contributed by atoms with Crippen LogP contribution < -0.4 is 10.2 Å². The molecule has 3 heterocycles. The first kappa shape index (κ1) is 24.6. The lowest BCUT2D eigenvalue weighted by molar-refractivity contribution is -0.142. The Bertz CT molecular complexity index is 1150. The molecule has 0 spiro atoms. The molecule has 4 rings (SSSR count). The Morgan fingerprint density at radius 3 is 2.51 bits per heavy atom. The van der Waals surface area contributed by atoms with E-state index in [1.54, 1.807) is 0 Å². The van der Waals surface area contributed by atoms with Crippen molar-refractivity contribution < 1.29 is 33.7 Å². The molecule has 1 atom stereocenters. The van der Waals surface area contributed by atoms with Gasteiger partial charge in [-0.1, -0.05) is 30.3 Å². The summed E-state index contributed by atoms with van der Waals surface area (Å²) in [6.07, 6.45) is 2.50. The fourth-order valence-corrected chi connectivity index (χ4v) is 4.49. The molecule has 1 amide bonds. The highest BCUT2D eigenvalue weighted by Crippen LogP contribution is 2.30. The van der Waals surface area contributed by atoms with E-state index in [1.807, 2.05) is 30.3 Å². The van der Waals surface area contributed by atoms with Gasteiger partial charge in [0.25, 0.3) is 5.91 Å². The number of hydrogen-bond acceptors (Lipinski definition) is 7. The van der Waals surface area contributed by atoms with E-state index >= 15 is 0 Å². The average molecular weight is 485 g/mol. The summed E-state index contributed by atoms with van der Waals surface area (Å²) in [7, 11) is 1.52. The van der Waals surface area contributed by atoms with Crippen LogP contribution in [0.3, 0.4) is 0 Å². The lowest BCUT2D eigenvalue weighted by Gasteiger charge is -2.37. The number of hydrogen-bond donors (Lipinski definition) is 1. The molecule has 0 bridgehead atoms. The van der Waals surface area contributed by atoms with Crippen LogP contribution in [-0.2, 0) is 20.7 Å². The number of pyridine rings is 1. The Hall–Kier alpha value is -3.50. The molecule has 1 aromatic heterocycles. The first-order valence-corrected chi connectivity index (χ1v) is 11.5. The minimum atomic E-state index is -1.46. The highest BCUT2D eigenvalue weighted by molar-refractivity contribution is 5.98. The van der Waals surface area contributed by atoms with Crippen LogP contribution in [-0.4, -0.2) is 72.4 Å². The number of carbonyl (C=O) groups excluding carboxylic acids is 2. The number of nitrogens with zero attached hydrogens (tertiary/aromatic N) is 2. The maximum atomic E-state index is 13.5. The average Bonchev–Trinajstić information content (AvgIpc) is 2.87. The van der Waals surface area contributed by atoms with Crippen molar-refractivity contribution in [2.75, 3.05) is 40.0 Å². The summed E-state index contributed by atoms with van der Waals surface area (Å²) >= 11 is 0. The lowest BCUT2D eigenvalue weighted by atomic mass is 10.00. The number of benzene rings is 1. The molecular formula is C25H28N2O8. The van der Waals surface area contributed by atoms with Gasteiger partial charge in [-0.2, -0.15) is 0 Å². The quantitative estimate of drug-likeness (QED) is 0.562. The maximum Gasteiger partial charge on any atom is 0.341 e. The molecule has 2 aliphatic heterocycles. The van der Waals surface area contributed by atoms with Crippen LogP contribution in [0.1, 0.15) is 45.3 Å². The number of rotatable bonds is 8. The number of carboxylic acids is 1. The molecule has 2 aromatic rings. The van der Waals surface area contributed by atoms with Gasteiger partial charge in [0, 0.05) is 39.6 Å². The molecule has 35 heavy (non-hydrogen) atoms. The summed E-state index contributed by atoms with van der Waals surface area (Å²) in [4.78, 5) is 53.0. The molecule has 0 radical (unpaired) electrons. The van der Waals surface area contributed by atoms with E-state index in [1.165, 1.54) is 22.8 Å². The van der Waals surface area contributed by atoms with Crippen LogP contribution in [0.4, 0.5) is 0 Å². The van der Waals surface area contributed by atoms with Gasteiger partial charge < -0.3 is 28.8 Å². The number of esters is 1. The Morgan fingerprint density at radius 1 is 1.14 bits per heavy atom. The van der Waals surface area contributed by atoms with Crippen molar-refractivity contribution in [2.45, 2.75) is 25.3 Å². The first-order chi connectivity index (χ1) is 16.9. The van der Waals surface area contributed by atoms with Crippen LogP contribution in [0, 0.1) is 5.92 Å². The van der Waals surface area contributed by atoms with Gasteiger partial charge in [-0.15, -0.1) is 0 Å². The fourth-order valence-electron chi connectivity index (χ4n) is 4.49. The molecule has 1 saturated heterocycles. The molecule has 1 fully saturated rings. The first-order valence-electron chi connectivity index (χ1n) is 11.5. The van der Waals surface area contributed by atoms with Crippen molar-refractivity contribution >= 4 is 17.8 Å². The van der Waals surface area contributed by atoms with Gasteiger partial charge in [-0.3, -0.25) is 14.4 Å².